The number of aromatic hydroxyl groups is 1. The lowest BCUT2D eigenvalue weighted by molar-refractivity contribution is -0.142. The van der Waals surface area contributed by atoms with Crippen LogP contribution in [0.25, 0.3) is 0 Å². The van der Waals surface area contributed by atoms with Gasteiger partial charge in [-0.15, -0.1) is 0 Å². The zero-order valence-corrected chi connectivity index (χ0v) is 19.4. The number of carbonyl (C=O) groups excluding carboxylic acids is 3. The van der Waals surface area contributed by atoms with E-state index in [0.29, 0.717) is 5.56 Å². The number of phenols is 1. The Bertz CT molecular complexity index is 905. The van der Waals surface area contributed by atoms with Crippen LogP contribution in [-0.4, -0.2) is 80.9 Å². The molecule has 4 atom stereocenters. The summed E-state index contributed by atoms with van der Waals surface area (Å²) in [5.41, 5.74) is 6.04. The first-order chi connectivity index (χ1) is 16.3. The number of hydrogen-bond acceptors (Lipinski definition) is 8. The number of carboxylic acids is 2. The molecule has 35 heavy (non-hydrogen) atoms. The zero-order chi connectivity index (χ0) is 26.7. The van der Waals surface area contributed by atoms with Gasteiger partial charge in [0.1, 0.15) is 23.9 Å². The molecule has 0 spiro atoms. The Kier molecular flexibility index (Phi) is 11.6. The molecule has 13 heteroatoms. The van der Waals surface area contributed by atoms with Gasteiger partial charge >= 0.3 is 11.9 Å². The van der Waals surface area contributed by atoms with E-state index >= 15 is 0 Å². The maximum Gasteiger partial charge on any atom is 0.326 e. The van der Waals surface area contributed by atoms with Crippen LogP contribution in [0.3, 0.4) is 0 Å². The molecule has 0 aliphatic carbocycles. The van der Waals surface area contributed by atoms with E-state index in [1.807, 2.05) is 0 Å². The van der Waals surface area contributed by atoms with Gasteiger partial charge in [-0.2, -0.15) is 0 Å². The Balaban J connectivity index is 2.88. The van der Waals surface area contributed by atoms with Crippen molar-refractivity contribution >= 4 is 29.7 Å². The van der Waals surface area contributed by atoms with E-state index in [9.17, 15) is 39.3 Å². The van der Waals surface area contributed by atoms with Gasteiger partial charge in [0.2, 0.25) is 17.7 Å². The molecule has 4 unspecified atom stereocenters. The summed E-state index contributed by atoms with van der Waals surface area (Å²) in [5.74, 6) is -5.44. The van der Waals surface area contributed by atoms with Gasteiger partial charge in [0, 0.05) is 6.42 Å². The first kappa shape index (κ1) is 29.3. The molecule has 0 fully saturated rings. The number of rotatable bonds is 14. The highest BCUT2D eigenvalue weighted by molar-refractivity contribution is 5.94. The van der Waals surface area contributed by atoms with Crippen molar-refractivity contribution in [3.8, 4) is 5.75 Å². The van der Waals surface area contributed by atoms with Gasteiger partial charge in [0.15, 0.2) is 0 Å². The molecular weight excluding hydrogens is 464 g/mol. The Hall–Kier alpha value is -3.71. The van der Waals surface area contributed by atoms with E-state index in [4.69, 9.17) is 10.8 Å². The van der Waals surface area contributed by atoms with Crippen molar-refractivity contribution in [2.24, 2.45) is 11.7 Å². The summed E-state index contributed by atoms with van der Waals surface area (Å²) in [6.45, 7) is 2.67. The molecule has 0 radical (unpaired) electrons. The second-order valence-electron chi connectivity index (χ2n) is 8.41. The molecule has 9 N–H and O–H groups in total. The largest absolute Gasteiger partial charge is 0.508 e. The fraction of sp³-hybridized carbons (Fsp3) is 0.500. The monoisotopic (exact) mass is 496 g/mol. The van der Waals surface area contributed by atoms with Gasteiger partial charge < -0.3 is 42.1 Å². The second kappa shape index (κ2) is 13.9. The number of amides is 3. The van der Waals surface area contributed by atoms with Gasteiger partial charge in [-0.05, 0) is 30.0 Å². The highest BCUT2D eigenvalue weighted by atomic mass is 16.4. The van der Waals surface area contributed by atoms with Crippen LogP contribution in [0.1, 0.15) is 32.3 Å². The number of nitrogens with two attached hydrogens (primary N) is 1. The Morgan fingerprint density at radius 3 is 1.86 bits per heavy atom. The smallest absolute Gasteiger partial charge is 0.326 e. The number of benzene rings is 1. The first-order valence-corrected chi connectivity index (χ1v) is 10.8. The number of aliphatic hydroxyl groups excluding tert-OH is 1. The number of phenolic OH excluding ortho intramolecular Hbond substituents is 1. The Morgan fingerprint density at radius 1 is 0.857 bits per heavy atom. The van der Waals surface area contributed by atoms with Crippen LogP contribution in [0.4, 0.5) is 0 Å². The van der Waals surface area contributed by atoms with Crippen LogP contribution in [0.15, 0.2) is 24.3 Å². The van der Waals surface area contributed by atoms with Crippen molar-refractivity contribution in [2.75, 3.05) is 6.61 Å². The minimum atomic E-state index is -1.52. The summed E-state index contributed by atoms with van der Waals surface area (Å²) >= 11 is 0. The highest BCUT2D eigenvalue weighted by Crippen LogP contribution is 2.12. The van der Waals surface area contributed by atoms with Crippen LogP contribution in [0, 0.1) is 5.92 Å². The summed E-state index contributed by atoms with van der Waals surface area (Å²) in [6.07, 6.45) is -0.655. The molecule has 0 aliphatic heterocycles. The van der Waals surface area contributed by atoms with Crippen LogP contribution in [-0.2, 0) is 30.4 Å². The van der Waals surface area contributed by atoms with Gasteiger partial charge in [0.05, 0.1) is 19.1 Å². The molecule has 1 aromatic carbocycles. The van der Waals surface area contributed by atoms with E-state index in [1.165, 1.54) is 24.3 Å². The Labute approximate surface area is 201 Å². The predicted molar refractivity (Wildman–Crippen MR) is 122 cm³/mol. The number of hydrogen-bond donors (Lipinski definition) is 8. The molecule has 3 amide bonds. The fourth-order valence-electron chi connectivity index (χ4n) is 3.07. The SMILES string of the molecule is CC(C)CC(NC(=O)C(N)CC(=O)O)C(=O)NC(CO)C(=O)NC(Cc1ccc(O)cc1)C(=O)O. The molecule has 0 saturated carbocycles. The normalized spacial score (nSPS) is 14.3. The molecule has 194 valence electrons. The topological polar surface area (TPSA) is 228 Å². The summed E-state index contributed by atoms with van der Waals surface area (Å²) in [6, 6.07) is 0.186. The van der Waals surface area contributed by atoms with Gasteiger partial charge in [-0.1, -0.05) is 26.0 Å². The lowest BCUT2D eigenvalue weighted by atomic mass is 10.0. The van der Waals surface area contributed by atoms with Crippen LogP contribution >= 0.6 is 0 Å². The summed E-state index contributed by atoms with van der Waals surface area (Å²) in [7, 11) is 0. The third-order valence-corrected chi connectivity index (χ3v) is 4.88. The number of aliphatic hydroxyl groups is 1. The molecule has 0 bridgehead atoms. The maximum atomic E-state index is 12.8. The minimum absolute atomic E-state index is 0.0142. The molecule has 1 aromatic rings. The van der Waals surface area contributed by atoms with Crippen LogP contribution in [0.5, 0.6) is 5.75 Å². The van der Waals surface area contributed by atoms with Crippen molar-refractivity contribution < 1.29 is 44.4 Å². The standard InChI is InChI=1S/C22H32N4O9/c1-11(2)7-15(24-19(31)14(23)9-18(29)30)20(32)26-17(10-27)21(33)25-16(22(34)35)8-12-3-5-13(28)6-4-12/h3-6,11,14-17,27-28H,7-10,23H2,1-2H3,(H,24,31)(H,25,33)(H,26,32)(H,29,30)(H,34,35). The van der Waals surface area contributed by atoms with Gasteiger partial charge in [-0.25, -0.2) is 4.79 Å². The Morgan fingerprint density at radius 2 is 1.37 bits per heavy atom. The first-order valence-electron chi connectivity index (χ1n) is 10.8. The average molecular weight is 497 g/mol. The highest BCUT2D eigenvalue weighted by Gasteiger charge is 2.30. The van der Waals surface area contributed by atoms with Crippen molar-refractivity contribution in [1.29, 1.82) is 0 Å². The van der Waals surface area contributed by atoms with Gasteiger partial charge in [0.25, 0.3) is 0 Å². The third-order valence-electron chi connectivity index (χ3n) is 4.88. The van der Waals surface area contributed by atoms with Gasteiger partial charge in [-0.3, -0.25) is 19.2 Å². The lowest BCUT2D eigenvalue weighted by Crippen LogP contribution is -2.58. The number of aliphatic carboxylic acids is 2. The number of carboxylic acid groups (broad SMARTS) is 2. The average Bonchev–Trinajstić information content (AvgIpc) is 2.76. The predicted octanol–water partition coefficient (Wildman–Crippen LogP) is -1.69. The molecule has 0 saturated heterocycles. The van der Waals surface area contributed by atoms with Crippen molar-refractivity contribution in [3.05, 3.63) is 29.8 Å². The van der Waals surface area contributed by atoms with E-state index in [-0.39, 0.29) is 24.5 Å². The number of carbonyl (C=O) groups is 5. The quantitative estimate of drug-likeness (QED) is 0.146. The molecule has 0 aromatic heterocycles. The summed E-state index contributed by atoms with van der Waals surface area (Å²) in [4.78, 5) is 59.9. The second-order valence-corrected chi connectivity index (χ2v) is 8.41. The van der Waals surface area contributed by atoms with E-state index < -0.39 is 66.9 Å². The van der Waals surface area contributed by atoms with Crippen molar-refractivity contribution in [1.82, 2.24) is 16.0 Å². The molecule has 0 aliphatic rings. The van der Waals surface area contributed by atoms with Crippen LogP contribution < -0.4 is 21.7 Å². The van der Waals surface area contributed by atoms with Crippen molar-refractivity contribution in [2.45, 2.75) is 57.3 Å². The van der Waals surface area contributed by atoms with Crippen molar-refractivity contribution in [3.63, 3.8) is 0 Å². The molecule has 1 rings (SSSR count). The zero-order valence-electron chi connectivity index (χ0n) is 19.4. The fourth-order valence-corrected chi connectivity index (χ4v) is 3.07. The summed E-state index contributed by atoms with van der Waals surface area (Å²) < 4.78 is 0. The van der Waals surface area contributed by atoms with Crippen LogP contribution in [0.2, 0.25) is 0 Å². The minimum Gasteiger partial charge on any atom is -0.508 e. The molecule has 13 nitrogen and oxygen atoms in total. The maximum absolute atomic E-state index is 12.8. The molecular formula is C22H32N4O9. The van der Waals surface area contributed by atoms with E-state index in [2.05, 4.69) is 16.0 Å². The summed E-state index contributed by atoms with van der Waals surface area (Å²) in [5, 5.41) is 44.1. The molecule has 0 heterocycles. The van der Waals surface area contributed by atoms with E-state index in [1.54, 1.807) is 13.8 Å². The number of nitrogens with one attached hydrogen (secondary N) is 3. The third kappa shape index (κ3) is 10.4. The van der Waals surface area contributed by atoms with E-state index in [0.717, 1.165) is 0 Å². The lowest BCUT2D eigenvalue weighted by Gasteiger charge is -2.25.